The first-order valence-electron chi connectivity index (χ1n) is 7.27. The van der Waals surface area contributed by atoms with Crippen LogP contribution < -0.4 is 4.72 Å². The van der Waals surface area contributed by atoms with E-state index in [2.05, 4.69) is 15.9 Å². The van der Waals surface area contributed by atoms with Crippen molar-refractivity contribution in [2.45, 2.75) is 63.6 Å². The van der Waals surface area contributed by atoms with Crippen molar-refractivity contribution < 1.29 is 8.42 Å². The van der Waals surface area contributed by atoms with Gasteiger partial charge in [-0.25, -0.2) is 13.1 Å². The van der Waals surface area contributed by atoms with Crippen LogP contribution in [0.3, 0.4) is 0 Å². The lowest BCUT2D eigenvalue weighted by Gasteiger charge is -2.21. The van der Waals surface area contributed by atoms with Gasteiger partial charge in [0.25, 0.3) is 10.0 Å². The normalized spacial score (nSPS) is 17.8. The van der Waals surface area contributed by atoms with Crippen LogP contribution in [0, 0.1) is 0 Å². The zero-order valence-electron chi connectivity index (χ0n) is 12.2. The second-order valence-corrected chi connectivity index (χ2v) is 6.92. The SMILES string of the molecule is CCCn1nccc1S(=O)(=O)N[C@H](C)C1=CCCCC1. The number of nitrogens with one attached hydrogen (secondary N) is 1. The number of rotatable bonds is 6. The van der Waals surface area contributed by atoms with Gasteiger partial charge < -0.3 is 0 Å². The predicted molar refractivity (Wildman–Crippen MR) is 78.9 cm³/mol. The van der Waals surface area contributed by atoms with E-state index in [9.17, 15) is 8.42 Å². The third-order valence-electron chi connectivity index (χ3n) is 3.60. The van der Waals surface area contributed by atoms with Gasteiger partial charge in [-0.15, -0.1) is 0 Å². The smallest absolute Gasteiger partial charge is 0.253 e. The minimum atomic E-state index is -3.51. The molecule has 1 aromatic rings. The molecule has 20 heavy (non-hydrogen) atoms. The van der Waals surface area contributed by atoms with E-state index >= 15 is 0 Å². The van der Waals surface area contributed by atoms with E-state index in [0.29, 0.717) is 6.54 Å². The maximum absolute atomic E-state index is 12.4. The average molecular weight is 297 g/mol. The number of nitrogens with zero attached hydrogens (tertiary/aromatic N) is 2. The summed E-state index contributed by atoms with van der Waals surface area (Å²) in [7, 11) is -3.51. The molecule has 0 aromatic carbocycles. The molecule has 1 aliphatic rings. The Labute approximate surface area is 121 Å². The molecule has 6 heteroatoms. The Morgan fingerprint density at radius 3 is 2.90 bits per heavy atom. The lowest BCUT2D eigenvalue weighted by atomic mass is 9.95. The molecule has 0 radical (unpaired) electrons. The Kier molecular flexibility index (Phi) is 4.99. The summed E-state index contributed by atoms with van der Waals surface area (Å²) >= 11 is 0. The minimum absolute atomic E-state index is 0.148. The van der Waals surface area contributed by atoms with E-state index < -0.39 is 10.0 Å². The van der Waals surface area contributed by atoms with Crippen LogP contribution in [0.15, 0.2) is 28.9 Å². The zero-order chi connectivity index (χ0) is 14.6. The summed E-state index contributed by atoms with van der Waals surface area (Å²) in [5.74, 6) is 0. The topological polar surface area (TPSA) is 64.0 Å². The van der Waals surface area contributed by atoms with Crippen LogP contribution in [0.4, 0.5) is 0 Å². The third kappa shape index (κ3) is 3.49. The van der Waals surface area contributed by atoms with Crippen LogP contribution in [0.2, 0.25) is 0 Å². The van der Waals surface area contributed by atoms with E-state index in [1.807, 2.05) is 13.8 Å². The van der Waals surface area contributed by atoms with Gasteiger partial charge in [-0.3, -0.25) is 4.68 Å². The van der Waals surface area contributed by atoms with Crippen LogP contribution in [-0.4, -0.2) is 24.2 Å². The van der Waals surface area contributed by atoms with Gasteiger partial charge in [0.05, 0.1) is 6.20 Å². The molecule has 0 spiro atoms. The first kappa shape index (κ1) is 15.3. The van der Waals surface area contributed by atoms with Crippen LogP contribution >= 0.6 is 0 Å². The van der Waals surface area contributed by atoms with Gasteiger partial charge in [-0.05, 0) is 45.1 Å². The van der Waals surface area contributed by atoms with Crippen molar-refractivity contribution in [2.75, 3.05) is 0 Å². The van der Waals surface area contributed by atoms with Gasteiger partial charge in [0.2, 0.25) is 0 Å². The molecule has 1 heterocycles. The Balaban J connectivity index is 2.14. The fourth-order valence-electron chi connectivity index (χ4n) is 2.55. The minimum Gasteiger partial charge on any atom is -0.253 e. The quantitative estimate of drug-likeness (QED) is 0.820. The molecule has 1 aromatic heterocycles. The Morgan fingerprint density at radius 2 is 2.25 bits per heavy atom. The average Bonchev–Trinajstić information content (AvgIpc) is 2.89. The maximum atomic E-state index is 12.4. The Morgan fingerprint density at radius 1 is 1.45 bits per heavy atom. The van der Waals surface area contributed by atoms with E-state index in [4.69, 9.17) is 0 Å². The molecular weight excluding hydrogens is 274 g/mol. The fourth-order valence-corrected chi connectivity index (χ4v) is 3.95. The van der Waals surface area contributed by atoms with Crippen molar-refractivity contribution in [1.82, 2.24) is 14.5 Å². The van der Waals surface area contributed by atoms with Crippen molar-refractivity contribution in [3.63, 3.8) is 0 Å². The molecule has 2 rings (SSSR count). The first-order chi connectivity index (χ1) is 9.54. The molecule has 1 aliphatic carbocycles. The monoisotopic (exact) mass is 297 g/mol. The molecule has 0 saturated carbocycles. The highest BCUT2D eigenvalue weighted by molar-refractivity contribution is 7.89. The molecule has 0 aliphatic heterocycles. The van der Waals surface area contributed by atoms with E-state index in [0.717, 1.165) is 25.7 Å². The van der Waals surface area contributed by atoms with Crippen molar-refractivity contribution in [3.05, 3.63) is 23.9 Å². The van der Waals surface area contributed by atoms with E-state index in [1.54, 1.807) is 10.7 Å². The van der Waals surface area contributed by atoms with E-state index in [-0.39, 0.29) is 11.1 Å². The van der Waals surface area contributed by atoms with Gasteiger partial charge in [-0.1, -0.05) is 18.6 Å². The Bertz CT molecular complexity index is 575. The molecule has 0 bridgehead atoms. The maximum Gasteiger partial charge on any atom is 0.258 e. The lowest BCUT2D eigenvalue weighted by molar-refractivity contribution is 0.517. The molecule has 0 unspecified atom stereocenters. The summed E-state index contributed by atoms with van der Waals surface area (Å²) < 4.78 is 29.2. The summed E-state index contributed by atoms with van der Waals surface area (Å²) in [5.41, 5.74) is 1.20. The van der Waals surface area contributed by atoms with Crippen LogP contribution in [-0.2, 0) is 16.6 Å². The fraction of sp³-hybridized carbons (Fsp3) is 0.643. The van der Waals surface area contributed by atoms with Crippen molar-refractivity contribution in [3.8, 4) is 0 Å². The van der Waals surface area contributed by atoms with Crippen LogP contribution in [0.5, 0.6) is 0 Å². The third-order valence-corrected chi connectivity index (χ3v) is 5.16. The van der Waals surface area contributed by atoms with Crippen molar-refractivity contribution >= 4 is 10.0 Å². The largest absolute Gasteiger partial charge is 0.258 e. The first-order valence-corrected chi connectivity index (χ1v) is 8.76. The lowest BCUT2D eigenvalue weighted by Crippen LogP contribution is -2.35. The summed E-state index contributed by atoms with van der Waals surface area (Å²) in [6.07, 6.45) is 8.94. The number of sulfonamides is 1. The standard InChI is InChI=1S/C14H23N3O2S/c1-3-11-17-14(9-10-15-17)20(18,19)16-12(2)13-7-5-4-6-8-13/h7,9-10,12,16H,3-6,8,11H2,1-2H3/t12-/m1/s1. The summed E-state index contributed by atoms with van der Waals surface area (Å²) in [6, 6.07) is 1.41. The highest BCUT2D eigenvalue weighted by Crippen LogP contribution is 2.21. The molecule has 1 atom stereocenters. The number of allylic oxidation sites excluding steroid dienone is 1. The van der Waals surface area contributed by atoms with Gasteiger partial charge in [0.15, 0.2) is 5.03 Å². The number of aromatic nitrogens is 2. The summed E-state index contributed by atoms with van der Waals surface area (Å²) in [6.45, 7) is 4.52. The second kappa shape index (κ2) is 6.54. The molecule has 0 amide bonds. The molecule has 0 saturated heterocycles. The number of hydrogen-bond acceptors (Lipinski definition) is 3. The van der Waals surface area contributed by atoms with Gasteiger partial charge in [0, 0.05) is 12.6 Å². The molecule has 5 nitrogen and oxygen atoms in total. The zero-order valence-corrected chi connectivity index (χ0v) is 13.0. The van der Waals surface area contributed by atoms with Crippen LogP contribution in [0.25, 0.3) is 0 Å². The summed E-state index contributed by atoms with van der Waals surface area (Å²) in [5, 5.41) is 4.33. The molecule has 0 fully saturated rings. The number of aryl methyl sites for hydroxylation is 1. The van der Waals surface area contributed by atoms with Gasteiger partial charge >= 0.3 is 0 Å². The molecule has 1 N–H and O–H groups in total. The van der Waals surface area contributed by atoms with Gasteiger partial charge in [-0.2, -0.15) is 5.10 Å². The number of hydrogen-bond donors (Lipinski definition) is 1. The molecular formula is C14H23N3O2S. The highest BCUT2D eigenvalue weighted by atomic mass is 32.2. The van der Waals surface area contributed by atoms with Crippen molar-refractivity contribution in [2.24, 2.45) is 0 Å². The predicted octanol–water partition coefficient (Wildman–Crippen LogP) is 2.46. The second-order valence-electron chi connectivity index (χ2n) is 5.26. The van der Waals surface area contributed by atoms with E-state index in [1.165, 1.54) is 18.2 Å². The summed E-state index contributed by atoms with van der Waals surface area (Å²) in [4.78, 5) is 0. The Hall–Kier alpha value is -1.14. The van der Waals surface area contributed by atoms with Crippen LogP contribution in [0.1, 0.15) is 46.0 Å². The highest BCUT2D eigenvalue weighted by Gasteiger charge is 2.23. The van der Waals surface area contributed by atoms with Gasteiger partial charge in [0.1, 0.15) is 0 Å². The van der Waals surface area contributed by atoms with Crippen molar-refractivity contribution in [1.29, 1.82) is 0 Å². The molecule has 112 valence electrons.